The van der Waals surface area contributed by atoms with E-state index in [1.54, 1.807) is 14.2 Å². The summed E-state index contributed by atoms with van der Waals surface area (Å²) in [5, 5.41) is 14.0. The van der Waals surface area contributed by atoms with Crippen LogP contribution in [0.15, 0.2) is 78.9 Å². The number of rotatable bonds is 13. The van der Waals surface area contributed by atoms with Gasteiger partial charge in [-0.1, -0.05) is 54.6 Å². The zero-order valence-electron chi connectivity index (χ0n) is 20.5. The molecule has 2 N–H and O–H groups in total. The van der Waals surface area contributed by atoms with E-state index in [0.29, 0.717) is 6.54 Å². The molecule has 0 aliphatic rings. The standard InChI is InChI=1S/C28H36N2O4/c1-30(2)27(21-8-6-5-7-9-21)19-29-18-24(31)20-34-28(22-10-14-25(32-3)15-11-22)23-12-16-26(33-4)17-13-23/h5-17,24,27-29,31H,18-20H2,1-4H3/t24-,27+/m0/s1. The lowest BCUT2D eigenvalue weighted by Crippen LogP contribution is -2.36. The predicted octanol–water partition coefficient (Wildman–Crippen LogP) is 4.06. The van der Waals surface area contributed by atoms with Crippen LogP contribution in [0.2, 0.25) is 0 Å². The minimum atomic E-state index is -0.641. The van der Waals surface area contributed by atoms with Crippen molar-refractivity contribution in [3.05, 3.63) is 95.6 Å². The van der Waals surface area contributed by atoms with Crippen LogP contribution in [0.3, 0.4) is 0 Å². The molecule has 34 heavy (non-hydrogen) atoms. The summed E-state index contributed by atoms with van der Waals surface area (Å²) < 4.78 is 16.8. The fourth-order valence-corrected chi connectivity index (χ4v) is 3.87. The first kappa shape index (κ1) is 25.7. The zero-order chi connectivity index (χ0) is 24.3. The van der Waals surface area contributed by atoms with Gasteiger partial charge in [0, 0.05) is 19.1 Å². The van der Waals surface area contributed by atoms with Gasteiger partial charge in [0.1, 0.15) is 17.6 Å². The molecule has 0 saturated heterocycles. The summed E-state index contributed by atoms with van der Waals surface area (Å²) in [6.45, 7) is 1.37. The molecule has 0 bridgehead atoms. The Morgan fingerprint density at radius 2 is 1.26 bits per heavy atom. The van der Waals surface area contributed by atoms with E-state index >= 15 is 0 Å². The summed E-state index contributed by atoms with van der Waals surface area (Å²) in [4.78, 5) is 2.18. The number of hydrogen-bond donors (Lipinski definition) is 2. The number of nitrogens with one attached hydrogen (secondary N) is 1. The molecule has 0 spiro atoms. The van der Waals surface area contributed by atoms with Crippen molar-refractivity contribution in [3.63, 3.8) is 0 Å². The maximum absolute atomic E-state index is 10.6. The summed E-state index contributed by atoms with van der Waals surface area (Å²) in [7, 11) is 7.42. The number of benzene rings is 3. The molecule has 0 aromatic heterocycles. The Hall–Kier alpha value is -2.90. The van der Waals surface area contributed by atoms with E-state index in [1.165, 1.54) is 5.56 Å². The van der Waals surface area contributed by atoms with E-state index in [4.69, 9.17) is 14.2 Å². The topological polar surface area (TPSA) is 63.2 Å². The van der Waals surface area contributed by atoms with Crippen molar-refractivity contribution >= 4 is 0 Å². The Balaban J connectivity index is 1.61. The molecular formula is C28H36N2O4. The minimum absolute atomic E-state index is 0.202. The molecule has 6 heteroatoms. The van der Waals surface area contributed by atoms with Gasteiger partial charge in [-0.05, 0) is 55.1 Å². The lowest BCUT2D eigenvalue weighted by atomic mass is 10.0. The van der Waals surface area contributed by atoms with Crippen molar-refractivity contribution in [2.75, 3.05) is 48.0 Å². The lowest BCUT2D eigenvalue weighted by Gasteiger charge is -2.26. The van der Waals surface area contributed by atoms with Crippen molar-refractivity contribution < 1.29 is 19.3 Å². The van der Waals surface area contributed by atoms with Gasteiger partial charge in [-0.2, -0.15) is 0 Å². The number of aliphatic hydroxyl groups is 1. The van der Waals surface area contributed by atoms with E-state index < -0.39 is 6.10 Å². The van der Waals surface area contributed by atoms with E-state index in [1.807, 2.05) is 66.7 Å². The number of ether oxygens (including phenoxy) is 3. The molecular weight excluding hydrogens is 428 g/mol. The minimum Gasteiger partial charge on any atom is -0.497 e. The highest BCUT2D eigenvalue weighted by atomic mass is 16.5. The van der Waals surface area contributed by atoms with Gasteiger partial charge < -0.3 is 29.5 Å². The van der Waals surface area contributed by atoms with Crippen LogP contribution in [0.4, 0.5) is 0 Å². The molecule has 0 amide bonds. The molecule has 3 aromatic carbocycles. The average Bonchev–Trinajstić information content (AvgIpc) is 2.87. The van der Waals surface area contributed by atoms with Gasteiger partial charge in [0.15, 0.2) is 0 Å². The zero-order valence-corrected chi connectivity index (χ0v) is 20.5. The van der Waals surface area contributed by atoms with Crippen LogP contribution in [0.1, 0.15) is 28.8 Å². The molecule has 0 aliphatic carbocycles. The van der Waals surface area contributed by atoms with Gasteiger partial charge in [0.05, 0.1) is 26.9 Å². The third kappa shape index (κ3) is 7.30. The van der Waals surface area contributed by atoms with E-state index in [0.717, 1.165) is 29.2 Å². The quantitative estimate of drug-likeness (QED) is 0.398. The second kappa shape index (κ2) is 13.1. The summed E-state index contributed by atoms with van der Waals surface area (Å²) in [5.74, 6) is 1.57. The Labute approximate surface area is 203 Å². The second-order valence-corrected chi connectivity index (χ2v) is 8.46. The smallest absolute Gasteiger partial charge is 0.118 e. The van der Waals surface area contributed by atoms with Gasteiger partial charge in [-0.25, -0.2) is 0 Å². The first-order valence-electron chi connectivity index (χ1n) is 11.5. The first-order chi connectivity index (χ1) is 16.5. The maximum Gasteiger partial charge on any atom is 0.118 e. The molecule has 0 unspecified atom stereocenters. The van der Waals surface area contributed by atoms with Crippen LogP contribution in [-0.4, -0.2) is 64.1 Å². The van der Waals surface area contributed by atoms with E-state index in [-0.39, 0.29) is 18.8 Å². The van der Waals surface area contributed by atoms with Gasteiger partial charge in [0.25, 0.3) is 0 Å². The summed E-state index contributed by atoms with van der Waals surface area (Å²) in [5.41, 5.74) is 3.22. The summed E-state index contributed by atoms with van der Waals surface area (Å²) in [6, 6.07) is 26.2. The highest BCUT2D eigenvalue weighted by Crippen LogP contribution is 2.29. The molecule has 6 nitrogen and oxygen atoms in total. The highest BCUT2D eigenvalue weighted by Gasteiger charge is 2.18. The summed E-state index contributed by atoms with van der Waals surface area (Å²) >= 11 is 0. The van der Waals surface area contributed by atoms with Crippen LogP contribution in [-0.2, 0) is 4.74 Å². The normalized spacial score (nSPS) is 13.1. The fourth-order valence-electron chi connectivity index (χ4n) is 3.87. The molecule has 0 aliphatic heterocycles. The van der Waals surface area contributed by atoms with Crippen LogP contribution >= 0.6 is 0 Å². The molecule has 0 saturated carbocycles. The fraction of sp³-hybridized carbons (Fsp3) is 0.357. The Bertz CT molecular complexity index is 914. The Morgan fingerprint density at radius 3 is 1.74 bits per heavy atom. The summed E-state index contributed by atoms with van der Waals surface area (Å²) in [6.07, 6.45) is -0.956. The van der Waals surface area contributed by atoms with Gasteiger partial charge >= 0.3 is 0 Å². The predicted molar refractivity (Wildman–Crippen MR) is 136 cm³/mol. The van der Waals surface area contributed by atoms with Crippen molar-refractivity contribution in [2.45, 2.75) is 18.2 Å². The molecule has 0 heterocycles. The molecule has 182 valence electrons. The van der Waals surface area contributed by atoms with Gasteiger partial charge in [-0.15, -0.1) is 0 Å². The largest absolute Gasteiger partial charge is 0.497 e. The number of nitrogens with zero attached hydrogens (tertiary/aromatic N) is 1. The number of methoxy groups -OCH3 is 2. The van der Waals surface area contributed by atoms with E-state index in [9.17, 15) is 5.11 Å². The second-order valence-electron chi connectivity index (χ2n) is 8.46. The van der Waals surface area contributed by atoms with Crippen LogP contribution in [0.5, 0.6) is 11.5 Å². The molecule has 0 radical (unpaired) electrons. The van der Waals surface area contributed by atoms with Crippen molar-refractivity contribution in [3.8, 4) is 11.5 Å². The maximum atomic E-state index is 10.6. The number of aliphatic hydroxyl groups excluding tert-OH is 1. The van der Waals surface area contributed by atoms with Crippen molar-refractivity contribution in [2.24, 2.45) is 0 Å². The lowest BCUT2D eigenvalue weighted by molar-refractivity contribution is 0.00615. The third-order valence-corrected chi connectivity index (χ3v) is 5.82. The molecule has 0 fully saturated rings. The molecule has 2 atom stereocenters. The monoisotopic (exact) mass is 464 g/mol. The van der Waals surface area contributed by atoms with Crippen molar-refractivity contribution in [1.29, 1.82) is 0 Å². The van der Waals surface area contributed by atoms with E-state index in [2.05, 4.69) is 36.4 Å². The third-order valence-electron chi connectivity index (χ3n) is 5.82. The van der Waals surface area contributed by atoms with Crippen LogP contribution in [0.25, 0.3) is 0 Å². The van der Waals surface area contributed by atoms with Gasteiger partial charge in [0.2, 0.25) is 0 Å². The Kier molecular flexibility index (Phi) is 9.91. The average molecular weight is 465 g/mol. The first-order valence-corrected chi connectivity index (χ1v) is 11.5. The molecule has 3 aromatic rings. The van der Waals surface area contributed by atoms with Crippen LogP contribution in [0, 0.1) is 0 Å². The molecule has 3 rings (SSSR count). The van der Waals surface area contributed by atoms with Crippen molar-refractivity contribution in [1.82, 2.24) is 10.2 Å². The SMILES string of the molecule is COc1ccc(C(OC[C@@H](O)CNC[C@H](c2ccccc2)N(C)C)c2ccc(OC)cc2)cc1. The Morgan fingerprint density at radius 1 is 0.735 bits per heavy atom. The number of likely N-dealkylation sites (N-methyl/N-ethyl adjacent to an activating group) is 1. The highest BCUT2D eigenvalue weighted by molar-refractivity contribution is 5.36. The number of hydrogen-bond acceptors (Lipinski definition) is 6. The van der Waals surface area contributed by atoms with Crippen LogP contribution < -0.4 is 14.8 Å². The van der Waals surface area contributed by atoms with Gasteiger partial charge in [-0.3, -0.25) is 0 Å².